The van der Waals surface area contributed by atoms with Crippen LogP contribution in [0.4, 0.5) is 5.69 Å². The molecule has 0 aliphatic carbocycles. The van der Waals surface area contributed by atoms with E-state index in [1.165, 1.54) is 0 Å². The summed E-state index contributed by atoms with van der Waals surface area (Å²) in [4.78, 5) is 16.8. The topological polar surface area (TPSA) is 23.6 Å². The van der Waals surface area contributed by atoms with Crippen molar-refractivity contribution in [2.75, 3.05) is 37.6 Å². The molecular weight excluding hydrogens is 331 g/mol. The Bertz CT molecular complexity index is 697. The molecule has 0 radical (unpaired) electrons. The smallest absolute Gasteiger partial charge is 0.178 e. The summed E-state index contributed by atoms with van der Waals surface area (Å²) in [5, 5.41) is 1.27. The second kappa shape index (κ2) is 7.35. The van der Waals surface area contributed by atoms with Gasteiger partial charge in [-0.25, -0.2) is 0 Å². The van der Waals surface area contributed by atoms with Crippen molar-refractivity contribution in [3.8, 4) is 0 Å². The van der Waals surface area contributed by atoms with Crippen molar-refractivity contribution >= 4 is 34.7 Å². The minimum absolute atomic E-state index is 0.0757. The molecule has 0 N–H and O–H groups in total. The summed E-state index contributed by atoms with van der Waals surface area (Å²) in [6.07, 6.45) is 0. The van der Waals surface area contributed by atoms with E-state index in [1.807, 2.05) is 30.3 Å². The Balaban J connectivity index is 1.57. The molecule has 3 nitrogen and oxygen atoms in total. The Morgan fingerprint density at radius 2 is 1.70 bits per heavy atom. The highest BCUT2D eigenvalue weighted by Gasteiger charge is 2.20. The third-order valence-electron chi connectivity index (χ3n) is 4.09. The van der Waals surface area contributed by atoms with Crippen LogP contribution in [0, 0.1) is 0 Å². The molecule has 2 aromatic rings. The molecule has 0 amide bonds. The van der Waals surface area contributed by atoms with Gasteiger partial charge in [0.1, 0.15) is 0 Å². The van der Waals surface area contributed by atoms with Crippen LogP contribution in [-0.2, 0) is 0 Å². The van der Waals surface area contributed by atoms with Gasteiger partial charge in [0.05, 0.1) is 11.6 Å². The molecule has 1 heterocycles. The number of rotatable bonds is 4. The molecule has 0 unspecified atom stereocenters. The summed E-state index contributed by atoms with van der Waals surface area (Å²) >= 11 is 12.1. The third-order valence-corrected chi connectivity index (χ3v) is 4.65. The van der Waals surface area contributed by atoms with Crippen molar-refractivity contribution in [2.45, 2.75) is 0 Å². The van der Waals surface area contributed by atoms with Crippen LogP contribution in [0.1, 0.15) is 10.4 Å². The van der Waals surface area contributed by atoms with E-state index < -0.39 is 0 Å². The molecule has 0 saturated carbocycles. The van der Waals surface area contributed by atoms with Gasteiger partial charge in [0.2, 0.25) is 0 Å². The van der Waals surface area contributed by atoms with Crippen LogP contribution in [-0.4, -0.2) is 43.4 Å². The number of halogens is 2. The molecule has 5 heteroatoms. The molecule has 0 spiro atoms. The predicted octanol–water partition coefficient (Wildman–Crippen LogP) is 4.00. The number of hydrogen-bond donors (Lipinski definition) is 0. The van der Waals surface area contributed by atoms with Gasteiger partial charge in [-0.2, -0.15) is 0 Å². The number of hydrogen-bond acceptors (Lipinski definition) is 3. The van der Waals surface area contributed by atoms with Gasteiger partial charge in [-0.3, -0.25) is 9.69 Å². The maximum atomic E-state index is 12.4. The second-order valence-corrected chi connectivity index (χ2v) is 6.49. The fraction of sp³-hybridized carbons (Fsp3) is 0.278. The minimum Gasteiger partial charge on any atom is -0.369 e. The Kier molecular flexibility index (Phi) is 5.21. The number of anilines is 1. The fourth-order valence-corrected chi connectivity index (χ4v) is 3.24. The van der Waals surface area contributed by atoms with Crippen LogP contribution < -0.4 is 4.90 Å². The zero-order valence-electron chi connectivity index (χ0n) is 12.7. The molecule has 0 bridgehead atoms. The van der Waals surface area contributed by atoms with Gasteiger partial charge in [-0.1, -0.05) is 41.4 Å². The van der Waals surface area contributed by atoms with Gasteiger partial charge < -0.3 is 4.90 Å². The first kappa shape index (κ1) is 16.3. The molecule has 0 atom stereocenters. The Labute approximate surface area is 146 Å². The number of benzene rings is 2. The highest BCUT2D eigenvalue weighted by molar-refractivity contribution is 6.34. The van der Waals surface area contributed by atoms with Crippen molar-refractivity contribution in [1.82, 2.24) is 4.90 Å². The minimum atomic E-state index is 0.0757. The standard InChI is InChI=1S/C18H18Cl2N2O/c19-14-4-3-5-15(12-14)22-10-8-21(9-11-22)13-18(23)16-6-1-2-7-17(16)20/h1-7,12H,8-11,13H2. The Hall–Kier alpha value is -1.55. The van der Waals surface area contributed by atoms with Crippen molar-refractivity contribution in [3.05, 3.63) is 64.1 Å². The van der Waals surface area contributed by atoms with Crippen LogP contribution in [0.3, 0.4) is 0 Å². The van der Waals surface area contributed by atoms with E-state index >= 15 is 0 Å². The van der Waals surface area contributed by atoms with Gasteiger partial charge in [-0.05, 0) is 30.3 Å². The molecule has 2 aromatic carbocycles. The van der Waals surface area contributed by atoms with Gasteiger partial charge in [0.15, 0.2) is 5.78 Å². The van der Waals surface area contributed by atoms with Gasteiger partial charge >= 0.3 is 0 Å². The van der Waals surface area contributed by atoms with Crippen molar-refractivity contribution < 1.29 is 4.79 Å². The lowest BCUT2D eigenvalue weighted by molar-refractivity contribution is 0.0926. The van der Waals surface area contributed by atoms with Crippen molar-refractivity contribution in [1.29, 1.82) is 0 Å². The predicted molar refractivity (Wildman–Crippen MR) is 95.9 cm³/mol. The summed E-state index contributed by atoms with van der Waals surface area (Å²) in [5.74, 6) is 0.0757. The Morgan fingerprint density at radius 1 is 0.957 bits per heavy atom. The number of Topliss-reactive ketones (excluding diaryl/α,β-unsaturated/α-hetero) is 1. The van der Waals surface area contributed by atoms with Gasteiger partial charge in [-0.15, -0.1) is 0 Å². The lowest BCUT2D eigenvalue weighted by atomic mass is 10.1. The normalized spacial score (nSPS) is 15.7. The van der Waals surface area contributed by atoms with E-state index in [1.54, 1.807) is 12.1 Å². The van der Waals surface area contributed by atoms with Crippen LogP contribution in [0.2, 0.25) is 10.0 Å². The quantitative estimate of drug-likeness (QED) is 0.780. The average Bonchev–Trinajstić information content (AvgIpc) is 2.56. The summed E-state index contributed by atoms with van der Waals surface area (Å²) in [7, 11) is 0. The molecule has 1 aliphatic rings. The van der Waals surface area contributed by atoms with Gasteiger partial charge in [0.25, 0.3) is 0 Å². The fourth-order valence-electron chi connectivity index (χ4n) is 2.81. The van der Waals surface area contributed by atoms with Crippen LogP contribution in [0.15, 0.2) is 48.5 Å². The zero-order chi connectivity index (χ0) is 16.2. The first-order valence-electron chi connectivity index (χ1n) is 7.64. The lowest BCUT2D eigenvalue weighted by Crippen LogP contribution is -2.48. The largest absolute Gasteiger partial charge is 0.369 e. The lowest BCUT2D eigenvalue weighted by Gasteiger charge is -2.35. The highest BCUT2D eigenvalue weighted by Crippen LogP contribution is 2.21. The van der Waals surface area contributed by atoms with Gasteiger partial charge in [0, 0.05) is 42.5 Å². The molecule has 1 aliphatic heterocycles. The summed E-state index contributed by atoms with van der Waals surface area (Å²) in [6, 6.07) is 15.1. The molecule has 0 aromatic heterocycles. The van der Waals surface area contributed by atoms with Crippen LogP contribution >= 0.6 is 23.2 Å². The summed E-state index contributed by atoms with van der Waals surface area (Å²) in [6.45, 7) is 3.88. The molecule has 3 rings (SSSR count). The number of carbonyl (C=O) groups excluding carboxylic acids is 1. The van der Waals surface area contributed by atoms with E-state index in [2.05, 4.69) is 15.9 Å². The van der Waals surface area contributed by atoms with E-state index in [0.29, 0.717) is 17.1 Å². The summed E-state index contributed by atoms with van der Waals surface area (Å²) in [5.41, 5.74) is 1.74. The first-order chi connectivity index (χ1) is 11.1. The number of piperazine rings is 1. The molecular formula is C18H18Cl2N2O. The van der Waals surface area contributed by atoms with Crippen LogP contribution in [0.5, 0.6) is 0 Å². The van der Waals surface area contributed by atoms with E-state index in [-0.39, 0.29) is 5.78 Å². The monoisotopic (exact) mass is 348 g/mol. The molecule has 1 saturated heterocycles. The van der Waals surface area contributed by atoms with Crippen molar-refractivity contribution in [3.63, 3.8) is 0 Å². The SMILES string of the molecule is O=C(CN1CCN(c2cccc(Cl)c2)CC1)c1ccccc1Cl. The van der Waals surface area contributed by atoms with E-state index in [4.69, 9.17) is 23.2 Å². The zero-order valence-corrected chi connectivity index (χ0v) is 14.2. The second-order valence-electron chi connectivity index (χ2n) is 5.65. The highest BCUT2D eigenvalue weighted by atomic mass is 35.5. The summed E-state index contributed by atoms with van der Waals surface area (Å²) < 4.78 is 0. The van der Waals surface area contributed by atoms with E-state index in [9.17, 15) is 4.79 Å². The maximum Gasteiger partial charge on any atom is 0.178 e. The number of ketones is 1. The third kappa shape index (κ3) is 4.05. The molecule has 23 heavy (non-hydrogen) atoms. The van der Waals surface area contributed by atoms with Crippen molar-refractivity contribution in [2.24, 2.45) is 0 Å². The first-order valence-corrected chi connectivity index (χ1v) is 8.40. The maximum absolute atomic E-state index is 12.4. The number of carbonyl (C=O) groups is 1. The molecule has 120 valence electrons. The number of nitrogens with zero attached hydrogens (tertiary/aromatic N) is 2. The van der Waals surface area contributed by atoms with Crippen LogP contribution in [0.25, 0.3) is 0 Å². The average molecular weight is 349 g/mol. The van der Waals surface area contributed by atoms with E-state index in [0.717, 1.165) is 36.9 Å². The molecule has 1 fully saturated rings. The Morgan fingerprint density at radius 3 is 2.39 bits per heavy atom.